The quantitative estimate of drug-likeness (QED) is 0.343. The maximum Gasteiger partial charge on any atom is 0.242 e. The fourth-order valence-electron chi connectivity index (χ4n) is 4.61. The smallest absolute Gasteiger partial charge is 0.242 e. The first-order chi connectivity index (χ1) is 14.5. The van der Waals surface area contributed by atoms with Crippen LogP contribution in [0.5, 0.6) is 0 Å². The first kappa shape index (κ1) is 22.4. The number of hydroxylamine groups is 2. The highest BCUT2D eigenvalue weighted by atomic mass is 16.5. The average molecular weight is 417 g/mol. The molecule has 2 aliphatic rings. The summed E-state index contributed by atoms with van der Waals surface area (Å²) in [5.41, 5.74) is 4.88. The van der Waals surface area contributed by atoms with Gasteiger partial charge in [-0.1, -0.05) is 32.6 Å². The molecule has 0 radical (unpaired) electrons. The SMILES string of the molecule is CCc1ccnc(CC(=O)[C@@H]2CCNN2C(=O)[C@H](CC2CCCC2)CN(O)C=O)c1. The number of rotatable bonds is 10. The lowest BCUT2D eigenvalue weighted by Gasteiger charge is -2.30. The zero-order valence-electron chi connectivity index (χ0n) is 17.6. The average Bonchev–Trinajstić information content (AvgIpc) is 3.44. The van der Waals surface area contributed by atoms with E-state index in [4.69, 9.17) is 0 Å². The van der Waals surface area contributed by atoms with Crippen LogP contribution >= 0.6 is 0 Å². The van der Waals surface area contributed by atoms with E-state index in [1.165, 1.54) is 5.01 Å². The van der Waals surface area contributed by atoms with Gasteiger partial charge in [-0.05, 0) is 42.9 Å². The summed E-state index contributed by atoms with van der Waals surface area (Å²) in [6.07, 6.45) is 8.66. The number of amides is 2. The number of hydrazine groups is 1. The summed E-state index contributed by atoms with van der Waals surface area (Å²) < 4.78 is 0. The van der Waals surface area contributed by atoms with Crippen LogP contribution in [-0.4, -0.2) is 57.5 Å². The lowest BCUT2D eigenvalue weighted by molar-refractivity contribution is -0.159. The Bertz CT molecular complexity index is 750. The molecule has 1 saturated carbocycles. The highest BCUT2D eigenvalue weighted by Gasteiger charge is 2.38. The molecule has 2 fully saturated rings. The molecule has 1 aliphatic heterocycles. The molecular weight excluding hydrogens is 384 g/mol. The standard InChI is InChI=1S/C22H32N4O4/c1-2-16-7-9-23-19(12-16)13-21(28)20-8-10-24-26(20)22(29)18(14-25(30)15-27)11-17-5-3-4-6-17/h7,9,12,15,17-18,20,24,30H,2-6,8,10-11,13-14H2,1H3/t18-,20+/m1/s1. The third-order valence-electron chi connectivity index (χ3n) is 6.24. The maximum atomic E-state index is 13.3. The van der Waals surface area contributed by atoms with Gasteiger partial charge in [-0.25, -0.2) is 10.5 Å². The predicted octanol–water partition coefficient (Wildman–Crippen LogP) is 1.91. The Balaban J connectivity index is 1.69. The van der Waals surface area contributed by atoms with Crippen molar-refractivity contribution < 1.29 is 19.6 Å². The molecule has 164 valence electrons. The first-order valence-corrected chi connectivity index (χ1v) is 11.0. The summed E-state index contributed by atoms with van der Waals surface area (Å²) in [6.45, 7) is 2.53. The third-order valence-corrected chi connectivity index (χ3v) is 6.24. The van der Waals surface area contributed by atoms with E-state index >= 15 is 0 Å². The van der Waals surface area contributed by atoms with E-state index in [0.29, 0.717) is 42.5 Å². The van der Waals surface area contributed by atoms with E-state index in [2.05, 4.69) is 17.3 Å². The topological polar surface area (TPSA) is 103 Å². The molecule has 1 aromatic rings. The Morgan fingerprint density at radius 3 is 2.83 bits per heavy atom. The minimum Gasteiger partial charge on any atom is -0.297 e. The molecular formula is C22H32N4O4. The van der Waals surface area contributed by atoms with Gasteiger partial charge >= 0.3 is 0 Å². The molecule has 3 rings (SSSR count). The Kier molecular flexibility index (Phi) is 7.93. The number of pyridine rings is 1. The largest absolute Gasteiger partial charge is 0.297 e. The normalized spacial score (nSPS) is 20.3. The zero-order valence-corrected chi connectivity index (χ0v) is 17.6. The van der Waals surface area contributed by atoms with Crippen molar-refractivity contribution in [2.75, 3.05) is 13.1 Å². The Hall–Kier alpha value is -2.32. The van der Waals surface area contributed by atoms with Gasteiger partial charge in [0.1, 0.15) is 6.04 Å². The molecule has 30 heavy (non-hydrogen) atoms. The molecule has 1 aliphatic carbocycles. The predicted molar refractivity (Wildman–Crippen MR) is 110 cm³/mol. The van der Waals surface area contributed by atoms with Crippen LogP contribution in [0.2, 0.25) is 0 Å². The van der Waals surface area contributed by atoms with Gasteiger partial charge in [-0.15, -0.1) is 0 Å². The van der Waals surface area contributed by atoms with Crippen molar-refractivity contribution >= 4 is 18.1 Å². The minimum atomic E-state index is -0.556. The molecule has 8 heteroatoms. The van der Waals surface area contributed by atoms with Gasteiger partial charge in [0.2, 0.25) is 12.3 Å². The third kappa shape index (κ3) is 5.64. The van der Waals surface area contributed by atoms with E-state index in [1.54, 1.807) is 6.20 Å². The number of Topliss-reactive ketones (excluding diaryl/α,β-unsaturated/α-hetero) is 1. The fourth-order valence-corrected chi connectivity index (χ4v) is 4.61. The molecule has 1 aromatic heterocycles. The van der Waals surface area contributed by atoms with Crippen molar-refractivity contribution in [3.8, 4) is 0 Å². The summed E-state index contributed by atoms with van der Waals surface area (Å²) in [5.74, 6) is -0.402. The number of aryl methyl sites for hydroxylation is 1. The molecule has 0 bridgehead atoms. The van der Waals surface area contributed by atoms with E-state index in [9.17, 15) is 19.6 Å². The van der Waals surface area contributed by atoms with E-state index in [-0.39, 0.29) is 24.7 Å². The molecule has 0 spiro atoms. The van der Waals surface area contributed by atoms with Gasteiger partial charge in [-0.2, -0.15) is 0 Å². The van der Waals surface area contributed by atoms with Crippen molar-refractivity contribution in [1.29, 1.82) is 0 Å². The van der Waals surface area contributed by atoms with Gasteiger partial charge < -0.3 is 0 Å². The maximum absolute atomic E-state index is 13.3. The van der Waals surface area contributed by atoms with Crippen molar-refractivity contribution in [3.63, 3.8) is 0 Å². The van der Waals surface area contributed by atoms with Gasteiger partial charge in [0.15, 0.2) is 5.78 Å². The van der Waals surface area contributed by atoms with Crippen molar-refractivity contribution in [1.82, 2.24) is 20.5 Å². The number of carbonyl (C=O) groups is 3. The van der Waals surface area contributed by atoms with Crippen LogP contribution in [0.3, 0.4) is 0 Å². The van der Waals surface area contributed by atoms with Crippen LogP contribution in [0.25, 0.3) is 0 Å². The number of carbonyl (C=O) groups excluding carboxylic acids is 3. The molecule has 0 aromatic carbocycles. The summed E-state index contributed by atoms with van der Waals surface area (Å²) >= 11 is 0. The van der Waals surface area contributed by atoms with Crippen LogP contribution in [0, 0.1) is 11.8 Å². The number of hydrogen-bond acceptors (Lipinski definition) is 6. The van der Waals surface area contributed by atoms with E-state index < -0.39 is 12.0 Å². The van der Waals surface area contributed by atoms with Crippen molar-refractivity contribution in [2.24, 2.45) is 11.8 Å². The highest BCUT2D eigenvalue weighted by Crippen LogP contribution is 2.31. The zero-order chi connectivity index (χ0) is 21.5. The summed E-state index contributed by atoms with van der Waals surface area (Å²) in [4.78, 5) is 41.5. The Labute approximate surface area is 177 Å². The minimum absolute atomic E-state index is 0.0510. The second kappa shape index (κ2) is 10.6. The molecule has 2 amide bonds. The summed E-state index contributed by atoms with van der Waals surface area (Å²) in [5, 5.41) is 11.7. The van der Waals surface area contributed by atoms with E-state index in [1.807, 2.05) is 12.1 Å². The van der Waals surface area contributed by atoms with Crippen LogP contribution in [0.4, 0.5) is 0 Å². The first-order valence-electron chi connectivity index (χ1n) is 11.0. The number of hydrogen-bond donors (Lipinski definition) is 2. The molecule has 8 nitrogen and oxygen atoms in total. The van der Waals surface area contributed by atoms with Gasteiger partial charge in [0, 0.05) is 18.4 Å². The van der Waals surface area contributed by atoms with E-state index in [0.717, 1.165) is 37.7 Å². The summed E-state index contributed by atoms with van der Waals surface area (Å²) in [7, 11) is 0. The number of nitrogens with zero attached hydrogens (tertiary/aromatic N) is 3. The highest BCUT2D eigenvalue weighted by molar-refractivity contribution is 5.91. The Morgan fingerprint density at radius 1 is 1.37 bits per heavy atom. The number of ketones is 1. The van der Waals surface area contributed by atoms with Gasteiger partial charge in [0.25, 0.3) is 0 Å². The van der Waals surface area contributed by atoms with Crippen LogP contribution < -0.4 is 5.43 Å². The number of nitrogens with one attached hydrogen (secondary N) is 1. The van der Waals surface area contributed by atoms with Crippen molar-refractivity contribution in [2.45, 2.75) is 64.3 Å². The molecule has 0 unspecified atom stereocenters. The van der Waals surface area contributed by atoms with Crippen LogP contribution in [0.1, 0.15) is 56.7 Å². The second-order valence-corrected chi connectivity index (χ2v) is 8.38. The van der Waals surface area contributed by atoms with Gasteiger partial charge in [-0.3, -0.25) is 29.6 Å². The fraction of sp³-hybridized carbons (Fsp3) is 0.636. The lowest BCUT2D eigenvalue weighted by atomic mass is 9.91. The molecule has 1 saturated heterocycles. The number of aromatic nitrogens is 1. The van der Waals surface area contributed by atoms with Crippen molar-refractivity contribution in [3.05, 3.63) is 29.6 Å². The van der Waals surface area contributed by atoms with Gasteiger partial charge in [0.05, 0.1) is 18.9 Å². The summed E-state index contributed by atoms with van der Waals surface area (Å²) in [6, 6.07) is 3.31. The molecule has 2 atom stereocenters. The Morgan fingerprint density at radius 2 is 2.13 bits per heavy atom. The monoisotopic (exact) mass is 416 g/mol. The molecule has 2 N–H and O–H groups in total. The molecule has 2 heterocycles. The van der Waals surface area contributed by atoms with Crippen LogP contribution in [0.15, 0.2) is 18.3 Å². The lowest BCUT2D eigenvalue weighted by Crippen LogP contribution is -2.51. The van der Waals surface area contributed by atoms with Crippen LogP contribution in [-0.2, 0) is 27.2 Å². The second-order valence-electron chi connectivity index (χ2n) is 8.38.